The first-order valence-electron chi connectivity index (χ1n) is 5.82. The molecule has 0 saturated heterocycles. The zero-order valence-electron chi connectivity index (χ0n) is 10.9. The van der Waals surface area contributed by atoms with Crippen molar-refractivity contribution in [2.24, 2.45) is 0 Å². The Kier molecular flexibility index (Phi) is 4.97. The van der Waals surface area contributed by atoms with Gasteiger partial charge in [0.25, 0.3) is 0 Å². The Morgan fingerprint density at radius 2 is 2.00 bits per heavy atom. The number of hydrogen-bond donors (Lipinski definition) is 0. The number of carbonyl (C=O) groups excluding carboxylic acids is 1. The number of carbonyl (C=O) groups is 1. The number of halogens is 3. The van der Waals surface area contributed by atoms with Gasteiger partial charge in [-0.1, -0.05) is 6.92 Å². The molecule has 0 atom stereocenters. The molecule has 108 valence electrons. The van der Waals surface area contributed by atoms with E-state index >= 15 is 0 Å². The van der Waals surface area contributed by atoms with Gasteiger partial charge in [-0.15, -0.1) is 13.2 Å². The first-order chi connectivity index (χ1) is 9.32. The summed E-state index contributed by atoms with van der Waals surface area (Å²) in [5, 5.41) is 8.92. The van der Waals surface area contributed by atoms with E-state index in [4.69, 9.17) is 5.26 Å². The van der Waals surface area contributed by atoms with Crippen molar-refractivity contribution in [3.63, 3.8) is 0 Å². The largest absolute Gasteiger partial charge is 0.573 e. The highest BCUT2D eigenvalue weighted by Gasteiger charge is 2.35. The predicted molar refractivity (Wildman–Crippen MR) is 63.2 cm³/mol. The fraction of sp³-hybridized carbons (Fsp3) is 0.385. The molecule has 0 amide bonds. The highest BCUT2D eigenvalue weighted by atomic mass is 19.4. The lowest BCUT2D eigenvalue weighted by Gasteiger charge is -2.15. The molecule has 0 radical (unpaired) electrons. The number of ether oxygens (including phenoxy) is 2. The van der Waals surface area contributed by atoms with Crippen LogP contribution in [-0.4, -0.2) is 18.9 Å². The molecule has 0 aromatic heterocycles. The average Bonchev–Trinajstić information content (AvgIpc) is 2.37. The number of rotatable bonds is 4. The molecule has 0 heterocycles. The number of esters is 1. The molecule has 20 heavy (non-hydrogen) atoms. The number of hydrogen-bond acceptors (Lipinski definition) is 4. The van der Waals surface area contributed by atoms with E-state index in [0.29, 0.717) is 12.0 Å². The van der Waals surface area contributed by atoms with Gasteiger partial charge in [0.15, 0.2) is 5.75 Å². The van der Waals surface area contributed by atoms with Gasteiger partial charge in [0.1, 0.15) is 11.6 Å². The molecule has 1 aromatic carbocycles. The van der Waals surface area contributed by atoms with Crippen LogP contribution in [-0.2, 0) is 11.2 Å². The Balaban J connectivity index is 3.43. The minimum Gasteiger partial charge on any atom is -0.462 e. The molecule has 1 aromatic rings. The van der Waals surface area contributed by atoms with Gasteiger partial charge in [-0.05, 0) is 31.0 Å². The van der Waals surface area contributed by atoms with E-state index in [0.717, 1.165) is 0 Å². The van der Waals surface area contributed by atoms with Gasteiger partial charge < -0.3 is 9.47 Å². The van der Waals surface area contributed by atoms with Crippen molar-refractivity contribution in [1.29, 1.82) is 5.26 Å². The predicted octanol–water partition coefficient (Wildman–Crippen LogP) is 3.20. The molecule has 0 unspecified atom stereocenters. The Morgan fingerprint density at radius 3 is 2.45 bits per heavy atom. The van der Waals surface area contributed by atoms with E-state index in [-0.39, 0.29) is 12.2 Å². The van der Waals surface area contributed by atoms with Crippen LogP contribution in [0.1, 0.15) is 35.3 Å². The monoisotopic (exact) mass is 287 g/mol. The number of benzene rings is 1. The molecule has 1 rings (SSSR count). The second kappa shape index (κ2) is 6.28. The van der Waals surface area contributed by atoms with Crippen molar-refractivity contribution in [2.45, 2.75) is 26.6 Å². The first-order valence-corrected chi connectivity index (χ1v) is 5.82. The zero-order chi connectivity index (χ0) is 15.3. The van der Waals surface area contributed by atoms with Crippen LogP contribution in [0, 0.1) is 11.3 Å². The Morgan fingerprint density at radius 1 is 1.35 bits per heavy atom. The molecule has 0 bridgehead atoms. The molecule has 0 saturated carbocycles. The van der Waals surface area contributed by atoms with Crippen molar-refractivity contribution in [3.8, 4) is 11.8 Å². The van der Waals surface area contributed by atoms with Crippen LogP contribution in [0.4, 0.5) is 13.2 Å². The number of nitrogens with zero attached hydrogens (tertiary/aromatic N) is 1. The maximum absolute atomic E-state index is 12.4. The topological polar surface area (TPSA) is 59.3 Å². The van der Waals surface area contributed by atoms with E-state index in [1.165, 1.54) is 19.1 Å². The van der Waals surface area contributed by atoms with E-state index in [9.17, 15) is 18.0 Å². The van der Waals surface area contributed by atoms with E-state index < -0.39 is 23.6 Å². The zero-order valence-corrected chi connectivity index (χ0v) is 10.9. The summed E-state index contributed by atoms with van der Waals surface area (Å²) < 4.78 is 45.6. The third kappa shape index (κ3) is 3.88. The molecular weight excluding hydrogens is 275 g/mol. The Bertz CT molecular complexity index is 547. The number of alkyl halides is 3. The van der Waals surface area contributed by atoms with Crippen LogP contribution < -0.4 is 4.74 Å². The van der Waals surface area contributed by atoms with Crippen LogP contribution in [0.3, 0.4) is 0 Å². The lowest BCUT2D eigenvalue weighted by atomic mass is 10.0. The van der Waals surface area contributed by atoms with Gasteiger partial charge in [-0.3, -0.25) is 0 Å². The third-order valence-electron chi connectivity index (χ3n) is 2.39. The van der Waals surface area contributed by atoms with Crippen molar-refractivity contribution >= 4 is 5.97 Å². The maximum atomic E-state index is 12.4. The fourth-order valence-electron chi connectivity index (χ4n) is 1.56. The highest BCUT2D eigenvalue weighted by molar-refractivity contribution is 5.93. The summed E-state index contributed by atoms with van der Waals surface area (Å²) in [6.45, 7) is 3.27. The van der Waals surface area contributed by atoms with E-state index in [2.05, 4.69) is 9.47 Å². The van der Waals surface area contributed by atoms with Gasteiger partial charge in [-0.25, -0.2) is 4.79 Å². The Hall–Kier alpha value is -2.23. The number of aryl methyl sites for hydroxylation is 1. The molecule has 0 aliphatic carbocycles. The molecule has 0 aliphatic rings. The van der Waals surface area contributed by atoms with Gasteiger partial charge in [0, 0.05) is 0 Å². The summed E-state index contributed by atoms with van der Waals surface area (Å²) in [6.07, 6.45) is -4.55. The minimum atomic E-state index is -5.00. The van der Waals surface area contributed by atoms with Gasteiger partial charge >= 0.3 is 12.3 Å². The molecule has 0 aliphatic heterocycles. The summed E-state index contributed by atoms with van der Waals surface area (Å²) in [7, 11) is 0. The maximum Gasteiger partial charge on any atom is 0.573 e. The van der Waals surface area contributed by atoms with Gasteiger partial charge in [-0.2, -0.15) is 5.26 Å². The fourth-order valence-corrected chi connectivity index (χ4v) is 1.56. The van der Waals surface area contributed by atoms with Crippen LogP contribution in [0.5, 0.6) is 5.75 Å². The van der Waals surface area contributed by atoms with Crippen molar-refractivity contribution < 1.29 is 27.4 Å². The molecular formula is C13H12F3NO3. The van der Waals surface area contributed by atoms with Crippen molar-refractivity contribution in [2.75, 3.05) is 6.61 Å². The molecule has 7 heteroatoms. The van der Waals surface area contributed by atoms with Crippen molar-refractivity contribution in [1.82, 2.24) is 0 Å². The molecule has 4 nitrogen and oxygen atoms in total. The normalized spacial score (nSPS) is 10.8. The number of nitriles is 1. The van der Waals surface area contributed by atoms with Crippen molar-refractivity contribution in [3.05, 3.63) is 28.8 Å². The second-order valence-corrected chi connectivity index (χ2v) is 3.75. The average molecular weight is 287 g/mol. The SMILES string of the molecule is CCOC(=O)c1cc(CC)cc(C#N)c1OC(F)(F)F. The quantitative estimate of drug-likeness (QED) is 0.798. The Labute approximate surface area is 113 Å². The van der Waals surface area contributed by atoms with Gasteiger partial charge in [0.05, 0.1) is 12.2 Å². The molecule has 0 fully saturated rings. The summed E-state index contributed by atoms with van der Waals surface area (Å²) in [4.78, 5) is 11.7. The van der Waals surface area contributed by atoms with Crippen LogP contribution in [0.25, 0.3) is 0 Å². The highest BCUT2D eigenvalue weighted by Crippen LogP contribution is 2.32. The lowest BCUT2D eigenvalue weighted by Crippen LogP contribution is -2.20. The molecule has 0 N–H and O–H groups in total. The smallest absolute Gasteiger partial charge is 0.462 e. The minimum absolute atomic E-state index is 0.00251. The molecule has 0 spiro atoms. The summed E-state index contributed by atoms with van der Waals surface area (Å²) in [5.74, 6) is -1.78. The summed E-state index contributed by atoms with van der Waals surface area (Å²) >= 11 is 0. The van der Waals surface area contributed by atoms with Crippen LogP contribution >= 0.6 is 0 Å². The lowest BCUT2D eigenvalue weighted by molar-refractivity contribution is -0.274. The van der Waals surface area contributed by atoms with Crippen LogP contribution in [0.15, 0.2) is 12.1 Å². The van der Waals surface area contributed by atoms with E-state index in [1.807, 2.05) is 0 Å². The third-order valence-corrected chi connectivity index (χ3v) is 2.39. The standard InChI is InChI=1S/C13H12F3NO3/c1-3-8-5-9(7-17)11(20-13(14,15)16)10(6-8)12(18)19-4-2/h5-6H,3-4H2,1-2H3. The first kappa shape index (κ1) is 15.8. The van der Waals surface area contributed by atoms with E-state index in [1.54, 1.807) is 13.0 Å². The summed E-state index contributed by atoms with van der Waals surface area (Å²) in [5.41, 5.74) is -0.219. The van der Waals surface area contributed by atoms with Crippen LogP contribution in [0.2, 0.25) is 0 Å². The summed E-state index contributed by atoms with van der Waals surface area (Å²) in [6, 6.07) is 4.09. The second-order valence-electron chi connectivity index (χ2n) is 3.75. The van der Waals surface area contributed by atoms with Gasteiger partial charge in [0.2, 0.25) is 0 Å².